The lowest BCUT2D eigenvalue weighted by Crippen LogP contribution is -1.97. The normalized spacial score (nSPS) is 12.0. The summed E-state index contributed by atoms with van der Waals surface area (Å²) in [6.07, 6.45) is 0. The molecule has 0 spiro atoms. The Kier molecular flexibility index (Phi) is 6.60. The third-order valence-electron chi connectivity index (χ3n) is 11.8. The van der Waals surface area contributed by atoms with Crippen LogP contribution in [0.2, 0.25) is 0 Å². The van der Waals surface area contributed by atoms with E-state index in [4.69, 9.17) is 0 Å². The highest BCUT2D eigenvalue weighted by atomic mass is 32.1. The van der Waals surface area contributed by atoms with Crippen LogP contribution in [0.15, 0.2) is 194 Å². The number of fused-ring (bicyclic) bond motifs is 14. The lowest BCUT2D eigenvalue weighted by molar-refractivity contribution is 1.52. The van der Waals surface area contributed by atoms with Crippen LogP contribution in [-0.4, -0.2) is 0 Å². The van der Waals surface area contributed by atoms with Gasteiger partial charge in [-0.15, -0.1) is 11.3 Å². The van der Waals surface area contributed by atoms with E-state index in [-0.39, 0.29) is 0 Å². The van der Waals surface area contributed by atoms with Crippen molar-refractivity contribution in [2.45, 2.75) is 0 Å². The first-order chi connectivity index (χ1) is 27.3. The SMILES string of the molecule is c1ccc2c(c1)-c1ccccc1-c1ccc(-c3c4ccccc4c(-c4cccc5c4sc4cc6ccccc6cc45)c4ccccc34)cc1-c1ccccc1-2. The molecule has 55 heavy (non-hydrogen) atoms. The van der Waals surface area contributed by atoms with Gasteiger partial charge in [-0.1, -0.05) is 176 Å². The van der Waals surface area contributed by atoms with Crippen molar-refractivity contribution in [3.63, 3.8) is 0 Å². The first kappa shape index (κ1) is 30.6. The summed E-state index contributed by atoms with van der Waals surface area (Å²) >= 11 is 1.92. The molecule has 0 amide bonds. The largest absolute Gasteiger partial charge is 0.135 e. The molecule has 12 rings (SSSR count). The lowest BCUT2D eigenvalue weighted by atomic mass is 9.79. The molecule has 1 aliphatic rings. The van der Waals surface area contributed by atoms with Gasteiger partial charge in [0.05, 0.1) is 0 Å². The van der Waals surface area contributed by atoms with Gasteiger partial charge in [-0.2, -0.15) is 0 Å². The van der Waals surface area contributed by atoms with Crippen LogP contribution in [0.5, 0.6) is 0 Å². The van der Waals surface area contributed by atoms with Crippen molar-refractivity contribution in [1.29, 1.82) is 0 Å². The summed E-state index contributed by atoms with van der Waals surface area (Å²) in [5, 5.41) is 10.3. The zero-order valence-electron chi connectivity index (χ0n) is 29.9. The summed E-state index contributed by atoms with van der Waals surface area (Å²) in [6.45, 7) is 0. The number of rotatable bonds is 2. The van der Waals surface area contributed by atoms with Gasteiger partial charge in [0.1, 0.15) is 0 Å². The molecule has 0 N–H and O–H groups in total. The highest BCUT2D eigenvalue weighted by molar-refractivity contribution is 7.26. The Bertz CT molecular complexity index is 3320. The van der Waals surface area contributed by atoms with Crippen molar-refractivity contribution in [1.82, 2.24) is 0 Å². The molecule has 0 nitrogen and oxygen atoms in total. The minimum atomic E-state index is 1.23. The molecule has 254 valence electrons. The van der Waals surface area contributed by atoms with E-state index in [9.17, 15) is 0 Å². The molecule has 0 saturated carbocycles. The topological polar surface area (TPSA) is 0 Å². The van der Waals surface area contributed by atoms with E-state index in [1.165, 1.54) is 119 Å². The second-order valence-electron chi connectivity index (χ2n) is 14.7. The zero-order valence-corrected chi connectivity index (χ0v) is 30.7. The van der Waals surface area contributed by atoms with E-state index in [2.05, 4.69) is 194 Å². The third-order valence-corrected chi connectivity index (χ3v) is 13.0. The highest BCUT2D eigenvalue weighted by Crippen LogP contribution is 2.51. The molecule has 0 aliphatic heterocycles. The van der Waals surface area contributed by atoms with E-state index in [0.717, 1.165) is 0 Å². The van der Waals surface area contributed by atoms with Crippen LogP contribution >= 0.6 is 11.3 Å². The first-order valence-corrected chi connectivity index (χ1v) is 19.8. The molecule has 1 aromatic heterocycles. The molecule has 1 aliphatic carbocycles. The van der Waals surface area contributed by atoms with Crippen molar-refractivity contribution in [3.05, 3.63) is 194 Å². The van der Waals surface area contributed by atoms with Crippen molar-refractivity contribution in [2.75, 3.05) is 0 Å². The van der Waals surface area contributed by atoms with Gasteiger partial charge < -0.3 is 0 Å². The molecule has 11 aromatic rings. The van der Waals surface area contributed by atoms with Crippen molar-refractivity contribution < 1.29 is 0 Å². The number of hydrogen-bond acceptors (Lipinski definition) is 1. The molecule has 0 radical (unpaired) electrons. The van der Waals surface area contributed by atoms with E-state index in [1.807, 2.05) is 11.3 Å². The number of benzene rings is 10. The second kappa shape index (κ2) is 11.9. The van der Waals surface area contributed by atoms with Gasteiger partial charge in [-0.25, -0.2) is 0 Å². The van der Waals surface area contributed by atoms with Crippen LogP contribution in [0.25, 0.3) is 119 Å². The number of hydrogen-bond donors (Lipinski definition) is 0. The maximum absolute atomic E-state index is 2.46. The maximum atomic E-state index is 2.46. The zero-order chi connectivity index (χ0) is 36.0. The molecule has 0 atom stereocenters. The fraction of sp³-hybridized carbons (Fsp3) is 0. The highest BCUT2D eigenvalue weighted by Gasteiger charge is 2.24. The molecule has 0 bridgehead atoms. The Hall–Kier alpha value is -6.80. The fourth-order valence-corrected chi connectivity index (χ4v) is 10.7. The molecule has 10 aromatic carbocycles. The Balaban J connectivity index is 1.15. The minimum absolute atomic E-state index is 1.23. The van der Waals surface area contributed by atoms with Gasteiger partial charge in [-0.05, 0) is 112 Å². The quantitative estimate of drug-likeness (QED) is 0.157. The fourth-order valence-electron chi connectivity index (χ4n) is 9.43. The molecule has 1 heterocycles. The van der Waals surface area contributed by atoms with Crippen molar-refractivity contribution >= 4 is 63.8 Å². The molecular weight excluding hydrogens is 681 g/mol. The van der Waals surface area contributed by atoms with Crippen LogP contribution < -0.4 is 0 Å². The van der Waals surface area contributed by atoms with E-state index >= 15 is 0 Å². The van der Waals surface area contributed by atoms with Crippen LogP contribution in [-0.2, 0) is 0 Å². The summed E-state index contributed by atoms with van der Waals surface area (Å²) < 4.78 is 2.67. The van der Waals surface area contributed by atoms with Crippen LogP contribution in [0.4, 0.5) is 0 Å². The van der Waals surface area contributed by atoms with Crippen LogP contribution in [0.3, 0.4) is 0 Å². The summed E-state index contributed by atoms with van der Waals surface area (Å²) in [6, 6.07) is 72.4. The lowest BCUT2D eigenvalue weighted by Gasteiger charge is -2.24. The monoisotopic (exact) mass is 712 g/mol. The summed E-state index contributed by atoms with van der Waals surface area (Å²) in [5.74, 6) is 0. The smallest absolute Gasteiger partial charge is 0.0434 e. The van der Waals surface area contributed by atoms with E-state index < -0.39 is 0 Å². The molecule has 0 unspecified atom stereocenters. The van der Waals surface area contributed by atoms with Crippen LogP contribution in [0, 0.1) is 0 Å². The Morgan fingerprint density at radius 3 is 1.24 bits per heavy atom. The standard InChI is InChI=1S/C54H32S/c1-2-15-34-32-51-50(30-33(34)14-1)47-26-13-27-48(54(47)55-51)53-45-24-11-9-22-43(45)52(44-23-10-12-25-46(44)53)35-28-29-42-40-20-6-5-18-38(40)36-16-3-4-17-37(36)39-19-7-8-21-41(39)49(42)31-35/h1-32H. The predicted octanol–water partition coefficient (Wildman–Crippen LogP) is 15.8. The predicted molar refractivity (Wildman–Crippen MR) is 238 cm³/mol. The van der Waals surface area contributed by atoms with Gasteiger partial charge in [-0.3, -0.25) is 0 Å². The first-order valence-electron chi connectivity index (χ1n) is 19.0. The van der Waals surface area contributed by atoms with Gasteiger partial charge in [0.2, 0.25) is 0 Å². The minimum Gasteiger partial charge on any atom is -0.135 e. The van der Waals surface area contributed by atoms with Gasteiger partial charge in [0.15, 0.2) is 0 Å². The third kappa shape index (κ3) is 4.51. The Morgan fingerprint density at radius 2 is 0.673 bits per heavy atom. The van der Waals surface area contributed by atoms with E-state index in [0.29, 0.717) is 0 Å². The summed E-state index contributed by atoms with van der Waals surface area (Å²) in [5.41, 5.74) is 15.2. The maximum Gasteiger partial charge on any atom is 0.0434 e. The van der Waals surface area contributed by atoms with Gasteiger partial charge in [0.25, 0.3) is 0 Å². The van der Waals surface area contributed by atoms with Gasteiger partial charge in [0, 0.05) is 25.7 Å². The van der Waals surface area contributed by atoms with Crippen molar-refractivity contribution in [3.8, 4) is 66.8 Å². The Morgan fingerprint density at radius 1 is 0.255 bits per heavy atom. The summed E-state index contributed by atoms with van der Waals surface area (Å²) in [4.78, 5) is 0. The second-order valence-corrected chi connectivity index (χ2v) is 15.8. The molecule has 0 fully saturated rings. The molecule has 1 heteroatoms. The Labute approximate surface area is 323 Å². The van der Waals surface area contributed by atoms with Crippen LogP contribution in [0.1, 0.15) is 0 Å². The molecular formula is C54H32S. The van der Waals surface area contributed by atoms with E-state index in [1.54, 1.807) is 0 Å². The van der Waals surface area contributed by atoms with Crippen molar-refractivity contribution in [2.24, 2.45) is 0 Å². The number of thiophene rings is 1. The average Bonchev–Trinajstić information content (AvgIpc) is 3.62. The average molecular weight is 713 g/mol. The molecule has 0 saturated heterocycles. The summed E-state index contributed by atoms with van der Waals surface area (Å²) in [7, 11) is 0. The van der Waals surface area contributed by atoms with Gasteiger partial charge >= 0.3 is 0 Å².